The van der Waals surface area contributed by atoms with E-state index in [0.29, 0.717) is 31.2 Å². The first-order valence-electron chi connectivity index (χ1n) is 13.0. The second-order valence-electron chi connectivity index (χ2n) is 10.1. The molecule has 3 aromatic heterocycles. The third-order valence-corrected chi connectivity index (χ3v) is 7.24. The Hall–Kier alpha value is -3.08. The van der Waals surface area contributed by atoms with Gasteiger partial charge in [-0.15, -0.1) is 0 Å². The predicted octanol–water partition coefficient (Wildman–Crippen LogP) is 2.28. The number of imidazole rings is 2. The summed E-state index contributed by atoms with van der Waals surface area (Å²) in [5.41, 5.74) is 3.69. The normalized spacial score (nSPS) is 21.6. The summed E-state index contributed by atoms with van der Waals surface area (Å²) < 4.78 is 9.89. The summed E-state index contributed by atoms with van der Waals surface area (Å²) in [4.78, 5) is 25.0. The van der Waals surface area contributed by atoms with Crippen molar-refractivity contribution in [1.29, 1.82) is 0 Å². The van der Waals surface area contributed by atoms with Crippen LogP contribution in [0.5, 0.6) is 0 Å². The highest BCUT2D eigenvalue weighted by atomic mass is 16.5. The van der Waals surface area contributed by atoms with Crippen molar-refractivity contribution in [3.05, 3.63) is 35.9 Å². The number of anilines is 1. The van der Waals surface area contributed by atoms with Gasteiger partial charge < -0.3 is 19.5 Å². The molecule has 4 aromatic rings. The zero-order chi connectivity index (χ0) is 24.8. The summed E-state index contributed by atoms with van der Waals surface area (Å²) in [6, 6.07) is 9.11. The maximum absolute atomic E-state index is 5.64. The van der Waals surface area contributed by atoms with Gasteiger partial charge in [0.25, 0.3) is 0 Å². The summed E-state index contributed by atoms with van der Waals surface area (Å²) >= 11 is 0. The van der Waals surface area contributed by atoms with Gasteiger partial charge >= 0.3 is 0 Å². The van der Waals surface area contributed by atoms with E-state index < -0.39 is 0 Å². The average molecular weight is 490 g/mol. The molecule has 190 valence electrons. The molecule has 2 atom stereocenters. The average Bonchev–Trinajstić information content (AvgIpc) is 3.41. The number of fused-ring (bicyclic) bond motifs is 2. The molecular formula is C26H35N9O. The lowest BCUT2D eigenvalue weighted by Crippen LogP contribution is -2.53. The third kappa shape index (κ3) is 4.12. The molecule has 0 aliphatic carbocycles. The highest BCUT2D eigenvalue weighted by Gasteiger charge is 2.26. The van der Waals surface area contributed by atoms with E-state index in [1.165, 1.54) is 0 Å². The Balaban J connectivity index is 1.50. The molecule has 6 rings (SSSR count). The number of benzene rings is 1. The topological polar surface area (TPSA) is 89.2 Å². The van der Waals surface area contributed by atoms with Crippen molar-refractivity contribution in [3.63, 3.8) is 0 Å². The Kier molecular flexibility index (Phi) is 6.10. The zero-order valence-corrected chi connectivity index (χ0v) is 21.6. The maximum atomic E-state index is 5.64. The molecule has 0 bridgehead atoms. The van der Waals surface area contributed by atoms with Crippen molar-refractivity contribution in [3.8, 4) is 5.95 Å². The number of morpholine rings is 1. The second kappa shape index (κ2) is 9.42. The number of piperazine rings is 1. The summed E-state index contributed by atoms with van der Waals surface area (Å²) in [5, 5.41) is 3.62. The molecule has 0 amide bonds. The molecule has 5 heterocycles. The molecule has 1 N–H and O–H groups in total. The maximum Gasteiger partial charge on any atom is 0.239 e. The minimum Gasteiger partial charge on any atom is -0.378 e. The van der Waals surface area contributed by atoms with E-state index in [2.05, 4.69) is 58.1 Å². The molecule has 0 saturated carbocycles. The number of aryl methyl sites for hydroxylation is 2. The first-order valence-corrected chi connectivity index (χ1v) is 13.0. The van der Waals surface area contributed by atoms with Gasteiger partial charge in [0.1, 0.15) is 11.6 Å². The Morgan fingerprint density at radius 3 is 2.47 bits per heavy atom. The Labute approximate surface area is 211 Å². The van der Waals surface area contributed by atoms with E-state index in [-0.39, 0.29) is 0 Å². The van der Waals surface area contributed by atoms with Crippen LogP contribution in [0.3, 0.4) is 0 Å². The number of hydrogen-bond donors (Lipinski definition) is 1. The second-order valence-corrected chi connectivity index (χ2v) is 10.1. The summed E-state index contributed by atoms with van der Waals surface area (Å²) in [7, 11) is 2.08. The number of aromatic nitrogens is 6. The van der Waals surface area contributed by atoms with Crippen molar-refractivity contribution >= 4 is 28.0 Å². The molecule has 0 unspecified atom stereocenters. The van der Waals surface area contributed by atoms with Gasteiger partial charge in [0, 0.05) is 51.7 Å². The van der Waals surface area contributed by atoms with Crippen LogP contribution in [0.4, 0.5) is 5.82 Å². The molecule has 10 nitrogen and oxygen atoms in total. The van der Waals surface area contributed by atoms with Crippen LogP contribution in [0.25, 0.3) is 28.1 Å². The number of hydrogen-bond acceptors (Lipinski definition) is 8. The lowest BCUT2D eigenvalue weighted by molar-refractivity contribution is 0.122. The van der Waals surface area contributed by atoms with Gasteiger partial charge in [-0.25, -0.2) is 9.97 Å². The van der Waals surface area contributed by atoms with E-state index in [1.807, 2.05) is 18.2 Å². The summed E-state index contributed by atoms with van der Waals surface area (Å²) in [6.45, 7) is 12.3. The number of rotatable bonds is 5. The molecule has 0 spiro atoms. The standard InChI is InChI=1S/C26H35N9O/c1-5-21-28-19-8-6-7-9-20(19)35(21)26-30-24-23(25(31-26)34-10-12-36-13-11-34)29-22(32(24)4)16-33-14-17(2)27-18(3)15-33/h6-9,17-18,27H,5,10-16H2,1-4H3/t17-,18+. The predicted molar refractivity (Wildman–Crippen MR) is 141 cm³/mol. The molecule has 2 fully saturated rings. The van der Waals surface area contributed by atoms with E-state index in [0.717, 1.165) is 78.8 Å². The molecule has 10 heteroatoms. The van der Waals surface area contributed by atoms with E-state index in [9.17, 15) is 0 Å². The number of ether oxygens (including phenoxy) is 1. The molecular weight excluding hydrogens is 454 g/mol. The first kappa shape index (κ1) is 23.3. The number of nitrogens with one attached hydrogen (secondary N) is 1. The molecule has 0 radical (unpaired) electrons. The van der Waals surface area contributed by atoms with Gasteiger partial charge in [0.05, 0.1) is 30.8 Å². The largest absolute Gasteiger partial charge is 0.378 e. The van der Waals surface area contributed by atoms with Crippen LogP contribution in [-0.4, -0.2) is 85.4 Å². The number of para-hydroxylation sites is 2. The Bertz CT molecular complexity index is 1380. The quantitative estimate of drug-likeness (QED) is 0.457. The van der Waals surface area contributed by atoms with Crippen molar-refractivity contribution in [2.45, 2.75) is 45.8 Å². The molecule has 2 aliphatic rings. The lowest BCUT2D eigenvalue weighted by Gasteiger charge is -2.35. The van der Waals surface area contributed by atoms with Gasteiger partial charge in [-0.2, -0.15) is 9.97 Å². The van der Waals surface area contributed by atoms with Crippen LogP contribution in [-0.2, 0) is 24.8 Å². The zero-order valence-electron chi connectivity index (χ0n) is 21.6. The molecule has 1 aromatic carbocycles. The fourth-order valence-electron chi connectivity index (χ4n) is 5.62. The SMILES string of the molecule is CCc1nc2ccccc2n1-c1nc(N2CCOCC2)c2nc(CN3C[C@@H](C)N[C@@H](C)C3)n(C)c2n1. The fourth-order valence-corrected chi connectivity index (χ4v) is 5.62. The van der Waals surface area contributed by atoms with Gasteiger partial charge in [-0.1, -0.05) is 19.1 Å². The van der Waals surface area contributed by atoms with Crippen molar-refractivity contribution in [2.75, 3.05) is 44.3 Å². The third-order valence-electron chi connectivity index (χ3n) is 7.24. The van der Waals surface area contributed by atoms with Crippen molar-refractivity contribution in [2.24, 2.45) is 7.05 Å². The van der Waals surface area contributed by atoms with E-state index >= 15 is 0 Å². The van der Waals surface area contributed by atoms with Crippen LogP contribution >= 0.6 is 0 Å². The summed E-state index contributed by atoms with van der Waals surface area (Å²) in [6.07, 6.45) is 0.791. The fraction of sp³-hybridized carbons (Fsp3) is 0.538. The Morgan fingerprint density at radius 2 is 1.72 bits per heavy atom. The molecule has 2 aliphatic heterocycles. The van der Waals surface area contributed by atoms with E-state index in [1.54, 1.807) is 0 Å². The van der Waals surface area contributed by atoms with E-state index in [4.69, 9.17) is 24.7 Å². The molecule has 2 saturated heterocycles. The molecule has 36 heavy (non-hydrogen) atoms. The van der Waals surface area contributed by atoms with Crippen LogP contribution in [0.2, 0.25) is 0 Å². The van der Waals surface area contributed by atoms with Crippen molar-refractivity contribution < 1.29 is 4.74 Å². The minimum atomic E-state index is 0.459. The Morgan fingerprint density at radius 1 is 0.972 bits per heavy atom. The van der Waals surface area contributed by atoms with Crippen LogP contribution in [0, 0.1) is 0 Å². The van der Waals surface area contributed by atoms with Crippen LogP contribution < -0.4 is 10.2 Å². The highest BCUT2D eigenvalue weighted by molar-refractivity contribution is 5.86. The van der Waals surface area contributed by atoms with Crippen LogP contribution in [0.1, 0.15) is 32.4 Å². The lowest BCUT2D eigenvalue weighted by atomic mass is 10.1. The van der Waals surface area contributed by atoms with Gasteiger partial charge in [-0.05, 0) is 26.0 Å². The van der Waals surface area contributed by atoms with Gasteiger partial charge in [-0.3, -0.25) is 9.47 Å². The smallest absolute Gasteiger partial charge is 0.239 e. The highest BCUT2D eigenvalue weighted by Crippen LogP contribution is 2.29. The monoisotopic (exact) mass is 489 g/mol. The van der Waals surface area contributed by atoms with Gasteiger partial charge in [0.15, 0.2) is 17.0 Å². The minimum absolute atomic E-state index is 0.459. The van der Waals surface area contributed by atoms with Gasteiger partial charge in [0.2, 0.25) is 5.95 Å². The summed E-state index contributed by atoms with van der Waals surface area (Å²) in [5.74, 6) is 3.49. The van der Waals surface area contributed by atoms with Crippen LogP contribution in [0.15, 0.2) is 24.3 Å². The van der Waals surface area contributed by atoms with Crippen molar-refractivity contribution in [1.82, 2.24) is 39.3 Å². The number of nitrogens with zero attached hydrogens (tertiary/aromatic N) is 8. The first-order chi connectivity index (χ1) is 17.5.